The molecule has 1 nitrogen and oxygen atoms in total. The summed E-state index contributed by atoms with van der Waals surface area (Å²) in [4.78, 5) is 1.57. The predicted molar refractivity (Wildman–Crippen MR) is 79.8 cm³/mol. The van der Waals surface area contributed by atoms with Gasteiger partial charge >= 0.3 is 0 Å². The number of rotatable bonds is 2. The number of halogens is 1. The lowest BCUT2D eigenvalue weighted by molar-refractivity contribution is 0.254. The Morgan fingerprint density at radius 2 is 2.18 bits per heavy atom. The highest BCUT2D eigenvalue weighted by atomic mass is 79.9. The molecule has 2 rings (SSSR count). The first-order valence-electron chi connectivity index (χ1n) is 6.42. The molecule has 0 bridgehead atoms. The Labute approximate surface area is 117 Å². The fourth-order valence-corrected chi connectivity index (χ4v) is 4.07. The molecule has 0 radical (unpaired) electrons. The Balaban J connectivity index is 2.13. The lowest BCUT2D eigenvalue weighted by atomic mass is 9.85. The normalized spacial score (nSPS) is 22.3. The van der Waals surface area contributed by atoms with E-state index in [-0.39, 0.29) is 0 Å². The zero-order chi connectivity index (χ0) is 12.6. The second-order valence-electron chi connectivity index (χ2n) is 6.13. The van der Waals surface area contributed by atoms with Crippen molar-refractivity contribution < 1.29 is 0 Å². The maximum absolute atomic E-state index is 3.81. The van der Waals surface area contributed by atoms with E-state index in [0.717, 1.165) is 0 Å². The quantitative estimate of drug-likeness (QED) is 0.817. The van der Waals surface area contributed by atoms with E-state index in [1.807, 2.05) is 11.3 Å². The van der Waals surface area contributed by atoms with Gasteiger partial charge in [-0.1, -0.05) is 20.8 Å². The van der Waals surface area contributed by atoms with Crippen LogP contribution in [0.3, 0.4) is 0 Å². The number of nitrogens with one attached hydrogen (secondary N) is 1. The minimum Gasteiger partial charge on any atom is -0.307 e. The summed E-state index contributed by atoms with van der Waals surface area (Å²) < 4.78 is 1.28. The first kappa shape index (κ1) is 13.6. The molecule has 0 spiro atoms. The minimum absolute atomic E-state index is 0.324. The van der Waals surface area contributed by atoms with Gasteiger partial charge in [-0.05, 0) is 59.2 Å². The summed E-state index contributed by atoms with van der Waals surface area (Å²) in [6.45, 7) is 9.21. The molecule has 1 aromatic heterocycles. The molecule has 96 valence electrons. The molecule has 1 N–H and O–H groups in total. The molecule has 1 aliphatic carbocycles. The summed E-state index contributed by atoms with van der Waals surface area (Å²) in [5.74, 6) is 0. The largest absolute Gasteiger partial charge is 0.307 e. The van der Waals surface area contributed by atoms with E-state index in [0.29, 0.717) is 17.5 Å². The van der Waals surface area contributed by atoms with Crippen molar-refractivity contribution in [3.8, 4) is 0 Å². The van der Waals surface area contributed by atoms with Gasteiger partial charge < -0.3 is 5.32 Å². The van der Waals surface area contributed by atoms with Gasteiger partial charge in [0.05, 0.1) is 3.79 Å². The van der Waals surface area contributed by atoms with Crippen LogP contribution in [0.15, 0.2) is 9.85 Å². The summed E-state index contributed by atoms with van der Waals surface area (Å²) in [6, 6.07) is 3.40. The van der Waals surface area contributed by atoms with Gasteiger partial charge in [-0.25, -0.2) is 0 Å². The molecule has 1 aromatic rings. The van der Waals surface area contributed by atoms with Crippen molar-refractivity contribution in [1.29, 1.82) is 0 Å². The fourth-order valence-electron chi connectivity index (χ4n) is 2.25. The summed E-state index contributed by atoms with van der Waals surface area (Å²) in [5, 5.41) is 3.81. The minimum atomic E-state index is 0.324. The molecule has 3 heteroatoms. The number of hydrogen-bond donors (Lipinski definition) is 1. The van der Waals surface area contributed by atoms with Crippen molar-refractivity contribution in [1.82, 2.24) is 5.32 Å². The molecular formula is C14H22BrNS. The first-order chi connectivity index (χ1) is 7.88. The third kappa shape index (κ3) is 3.12. The van der Waals surface area contributed by atoms with Gasteiger partial charge in [-0.3, -0.25) is 0 Å². The first-order valence-corrected chi connectivity index (χ1v) is 8.03. The van der Waals surface area contributed by atoms with E-state index >= 15 is 0 Å². The third-order valence-corrected chi connectivity index (χ3v) is 5.55. The lowest BCUT2D eigenvalue weighted by Crippen LogP contribution is -2.40. The van der Waals surface area contributed by atoms with E-state index < -0.39 is 0 Å². The highest BCUT2D eigenvalue weighted by Gasteiger charge is 2.27. The Hall–Kier alpha value is 0.140. The van der Waals surface area contributed by atoms with Crippen molar-refractivity contribution in [3.63, 3.8) is 0 Å². The molecule has 0 amide bonds. The molecule has 2 atom stereocenters. The van der Waals surface area contributed by atoms with Crippen LogP contribution >= 0.6 is 27.3 Å². The smallest absolute Gasteiger partial charge is 0.0704 e. The van der Waals surface area contributed by atoms with Crippen molar-refractivity contribution in [2.24, 2.45) is 5.41 Å². The number of hydrogen-bond acceptors (Lipinski definition) is 2. The number of fused-ring (bicyclic) bond motifs is 1. The van der Waals surface area contributed by atoms with Crippen LogP contribution in [0.2, 0.25) is 0 Å². The topological polar surface area (TPSA) is 12.0 Å². The van der Waals surface area contributed by atoms with Gasteiger partial charge in [0.2, 0.25) is 0 Å². The van der Waals surface area contributed by atoms with Crippen molar-refractivity contribution in [3.05, 3.63) is 20.3 Å². The summed E-state index contributed by atoms with van der Waals surface area (Å²) in [7, 11) is 0. The fraction of sp³-hybridized carbons (Fsp3) is 0.714. The summed E-state index contributed by atoms with van der Waals surface area (Å²) in [5.41, 5.74) is 1.86. The second-order valence-corrected chi connectivity index (χ2v) is 8.64. The van der Waals surface area contributed by atoms with Gasteiger partial charge in [0.25, 0.3) is 0 Å². The molecule has 0 saturated carbocycles. The molecule has 1 aliphatic rings. The molecule has 0 aliphatic heterocycles. The molecule has 2 unspecified atom stereocenters. The zero-order valence-corrected chi connectivity index (χ0v) is 13.5. The van der Waals surface area contributed by atoms with Crippen LogP contribution in [0.5, 0.6) is 0 Å². The van der Waals surface area contributed by atoms with Crippen LogP contribution < -0.4 is 5.32 Å². The van der Waals surface area contributed by atoms with Crippen molar-refractivity contribution in [2.75, 3.05) is 0 Å². The standard InChI is InChI=1S/C14H22BrNS/c1-9(14(2,3)4)16-11-6-5-7-12-10(11)8-13(15)17-12/h8-9,11,16H,5-7H2,1-4H3. The van der Waals surface area contributed by atoms with Crippen LogP contribution in [0.25, 0.3) is 0 Å². The Morgan fingerprint density at radius 3 is 2.82 bits per heavy atom. The molecule has 0 fully saturated rings. The summed E-state index contributed by atoms with van der Waals surface area (Å²) in [6.07, 6.45) is 3.85. The van der Waals surface area contributed by atoms with Gasteiger partial charge in [-0.15, -0.1) is 11.3 Å². The zero-order valence-electron chi connectivity index (χ0n) is 11.1. The third-order valence-electron chi connectivity index (χ3n) is 3.83. The molecule has 0 saturated heterocycles. The van der Waals surface area contributed by atoms with Crippen molar-refractivity contribution in [2.45, 2.75) is 59.0 Å². The van der Waals surface area contributed by atoms with Gasteiger partial charge in [0, 0.05) is 17.0 Å². The van der Waals surface area contributed by atoms with Crippen LogP contribution in [0, 0.1) is 5.41 Å². The van der Waals surface area contributed by atoms with Crippen LogP contribution in [0.4, 0.5) is 0 Å². The Morgan fingerprint density at radius 1 is 1.47 bits per heavy atom. The molecule has 0 aromatic carbocycles. The maximum Gasteiger partial charge on any atom is 0.0704 e. The molecule has 17 heavy (non-hydrogen) atoms. The van der Waals surface area contributed by atoms with Gasteiger partial charge in [-0.2, -0.15) is 0 Å². The van der Waals surface area contributed by atoms with E-state index in [1.54, 1.807) is 4.88 Å². The van der Waals surface area contributed by atoms with E-state index in [2.05, 4.69) is 55.0 Å². The van der Waals surface area contributed by atoms with Gasteiger partial charge in [0.15, 0.2) is 0 Å². The molecular weight excluding hydrogens is 294 g/mol. The molecule has 1 heterocycles. The van der Waals surface area contributed by atoms with E-state index in [4.69, 9.17) is 0 Å². The Kier molecular flexibility index (Phi) is 4.01. The highest BCUT2D eigenvalue weighted by Crippen LogP contribution is 2.38. The Bertz CT molecular complexity index is 391. The number of aryl methyl sites for hydroxylation is 1. The van der Waals surface area contributed by atoms with Crippen molar-refractivity contribution >= 4 is 27.3 Å². The predicted octanol–water partition coefficient (Wildman–Crippen LogP) is 4.91. The lowest BCUT2D eigenvalue weighted by Gasteiger charge is -2.34. The SMILES string of the molecule is CC(NC1CCCc2sc(Br)cc21)C(C)(C)C. The number of thiophene rings is 1. The monoisotopic (exact) mass is 315 g/mol. The maximum atomic E-state index is 3.81. The van der Waals surface area contributed by atoms with Crippen LogP contribution in [-0.2, 0) is 6.42 Å². The van der Waals surface area contributed by atoms with E-state index in [9.17, 15) is 0 Å². The highest BCUT2D eigenvalue weighted by molar-refractivity contribution is 9.11. The second kappa shape index (κ2) is 5.02. The summed E-state index contributed by atoms with van der Waals surface area (Å²) >= 11 is 5.52. The average Bonchev–Trinajstić information content (AvgIpc) is 2.58. The van der Waals surface area contributed by atoms with E-state index in [1.165, 1.54) is 28.6 Å². The van der Waals surface area contributed by atoms with Crippen LogP contribution in [-0.4, -0.2) is 6.04 Å². The average molecular weight is 316 g/mol. The van der Waals surface area contributed by atoms with Crippen LogP contribution in [0.1, 0.15) is 57.0 Å². The van der Waals surface area contributed by atoms with Gasteiger partial charge in [0.1, 0.15) is 0 Å².